The SMILES string of the molecule is CN1CC[C@@]2(c3cccc(O)c3)CC(=O)/C(=C/c3ccccc3)C[C@@H]2C1. The van der Waals surface area contributed by atoms with Crippen LogP contribution in [0.5, 0.6) is 5.75 Å². The van der Waals surface area contributed by atoms with Gasteiger partial charge in [-0.15, -0.1) is 0 Å². The number of rotatable bonds is 2. The first-order chi connectivity index (χ1) is 12.6. The van der Waals surface area contributed by atoms with Crippen LogP contribution in [0.2, 0.25) is 0 Å². The van der Waals surface area contributed by atoms with E-state index >= 15 is 0 Å². The quantitative estimate of drug-likeness (QED) is 0.834. The zero-order valence-corrected chi connectivity index (χ0v) is 15.2. The van der Waals surface area contributed by atoms with Crippen LogP contribution in [0.1, 0.15) is 30.4 Å². The van der Waals surface area contributed by atoms with Crippen molar-refractivity contribution in [3.8, 4) is 5.75 Å². The number of fused-ring (bicyclic) bond motifs is 1. The van der Waals surface area contributed by atoms with Gasteiger partial charge in [0.2, 0.25) is 0 Å². The Morgan fingerprint density at radius 1 is 1.15 bits per heavy atom. The molecule has 3 nitrogen and oxygen atoms in total. The molecule has 3 heteroatoms. The molecule has 134 valence electrons. The van der Waals surface area contributed by atoms with E-state index in [4.69, 9.17) is 0 Å². The molecule has 2 aromatic rings. The van der Waals surface area contributed by atoms with Crippen LogP contribution in [-0.4, -0.2) is 35.9 Å². The molecule has 1 aliphatic heterocycles. The van der Waals surface area contributed by atoms with Crippen LogP contribution >= 0.6 is 0 Å². The average molecular weight is 347 g/mol. The number of piperidine rings is 1. The van der Waals surface area contributed by atoms with Gasteiger partial charge >= 0.3 is 0 Å². The van der Waals surface area contributed by atoms with Gasteiger partial charge in [-0.2, -0.15) is 0 Å². The summed E-state index contributed by atoms with van der Waals surface area (Å²) in [4.78, 5) is 15.4. The Balaban J connectivity index is 1.72. The van der Waals surface area contributed by atoms with Crippen LogP contribution in [0, 0.1) is 5.92 Å². The molecule has 1 saturated heterocycles. The Morgan fingerprint density at radius 3 is 2.73 bits per heavy atom. The number of aromatic hydroxyl groups is 1. The lowest BCUT2D eigenvalue weighted by Crippen LogP contribution is -2.52. The van der Waals surface area contributed by atoms with E-state index in [0.29, 0.717) is 12.3 Å². The molecular weight excluding hydrogens is 322 g/mol. The predicted octanol–water partition coefficient (Wildman–Crippen LogP) is 4.03. The van der Waals surface area contributed by atoms with E-state index in [0.717, 1.165) is 42.6 Å². The molecule has 0 bridgehead atoms. The third-order valence-electron chi connectivity index (χ3n) is 6.12. The summed E-state index contributed by atoms with van der Waals surface area (Å²) in [6.45, 7) is 1.96. The highest BCUT2D eigenvalue weighted by Crippen LogP contribution is 2.49. The molecule has 1 saturated carbocycles. The second kappa shape index (κ2) is 6.73. The van der Waals surface area contributed by atoms with Crippen molar-refractivity contribution in [3.63, 3.8) is 0 Å². The summed E-state index contributed by atoms with van der Waals surface area (Å²) in [6, 6.07) is 17.6. The fourth-order valence-electron chi connectivity index (χ4n) is 4.70. The largest absolute Gasteiger partial charge is 0.508 e. The van der Waals surface area contributed by atoms with Gasteiger partial charge in [0.05, 0.1) is 0 Å². The van der Waals surface area contributed by atoms with Crippen molar-refractivity contribution in [2.45, 2.75) is 24.7 Å². The van der Waals surface area contributed by atoms with Gasteiger partial charge in [0, 0.05) is 18.4 Å². The van der Waals surface area contributed by atoms with Crippen molar-refractivity contribution < 1.29 is 9.90 Å². The van der Waals surface area contributed by atoms with Gasteiger partial charge in [-0.1, -0.05) is 42.5 Å². The molecule has 1 N–H and O–H groups in total. The monoisotopic (exact) mass is 347 g/mol. The molecule has 2 atom stereocenters. The van der Waals surface area contributed by atoms with Gasteiger partial charge in [-0.05, 0) is 67.3 Å². The Kier molecular flexibility index (Phi) is 4.41. The minimum atomic E-state index is -0.156. The topological polar surface area (TPSA) is 40.5 Å². The van der Waals surface area contributed by atoms with Gasteiger partial charge in [0.25, 0.3) is 0 Å². The van der Waals surface area contributed by atoms with Crippen molar-refractivity contribution in [1.82, 2.24) is 4.90 Å². The Bertz CT molecular complexity index is 842. The number of carbonyl (C=O) groups excluding carboxylic acids is 1. The minimum absolute atomic E-state index is 0.156. The first-order valence-corrected chi connectivity index (χ1v) is 9.34. The maximum Gasteiger partial charge on any atom is 0.159 e. The maximum atomic E-state index is 13.1. The number of hydrogen-bond acceptors (Lipinski definition) is 3. The molecule has 0 spiro atoms. The molecule has 1 heterocycles. The highest BCUT2D eigenvalue weighted by Gasteiger charge is 2.48. The van der Waals surface area contributed by atoms with E-state index in [9.17, 15) is 9.90 Å². The number of phenolic OH excluding ortho intramolecular Hbond substituents is 1. The number of carbonyl (C=O) groups is 1. The fraction of sp³-hybridized carbons (Fsp3) is 0.348. The van der Waals surface area contributed by atoms with Gasteiger partial charge in [0.15, 0.2) is 5.78 Å². The molecular formula is C23H25NO2. The van der Waals surface area contributed by atoms with Gasteiger partial charge in [-0.3, -0.25) is 4.79 Å². The highest BCUT2D eigenvalue weighted by molar-refractivity contribution is 6.01. The van der Waals surface area contributed by atoms with Gasteiger partial charge in [-0.25, -0.2) is 0 Å². The van der Waals surface area contributed by atoms with Crippen LogP contribution in [0.4, 0.5) is 0 Å². The predicted molar refractivity (Wildman–Crippen MR) is 104 cm³/mol. The highest BCUT2D eigenvalue weighted by atomic mass is 16.3. The third-order valence-corrected chi connectivity index (χ3v) is 6.12. The average Bonchev–Trinajstić information content (AvgIpc) is 2.64. The van der Waals surface area contributed by atoms with Crippen LogP contribution in [0.25, 0.3) is 6.08 Å². The molecule has 4 rings (SSSR count). The lowest BCUT2D eigenvalue weighted by Gasteiger charge is -2.50. The van der Waals surface area contributed by atoms with Gasteiger partial charge < -0.3 is 10.0 Å². The third kappa shape index (κ3) is 3.08. The maximum absolute atomic E-state index is 13.1. The number of benzene rings is 2. The number of hydrogen-bond donors (Lipinski definition) is 1. The standard InChI is InChI=1S/C23H25NO2/c1-24-11-10-23(19-8-5-9-21(25)14-19)15-22(26)18(13-20(23)16-24)12-17-6-3-2-4-7-17/h2-9,12,14,20,25H,10-11,13,15-16H2,1H3/b18-12+/t20-,23+/m1/s1. The zero-order valence-electron chi connectivity index (χ0n) is 15.2. The lowest BCUT2D eigenvalue weighted by molar-refractivity contribution is -0.120. The van der Waals surface area contributed by atoms with Crippen molar-refractivity contribution in [3.05, 3.63) is 71.3 Å². The van der Waals surface area contributed by atoms with E-state index in [-0.39, 0.29) is 16.9 Å². The second-order valence-electron chi connectivity index (χ2n) is 7.80. The van der Waals surface area contributed by atoms with E-state index in [1.54, 1.807) is 6.07 Å². The number of phenols is 1. The second-order valence-corrected chi connectivity index (χ2v) is 7.80. The first-order valence-electron chi connectivity index (χ1n) is 9.34. The molecule has 2 aromatic carbocycles. The van der Waals surface area contributed by atoms with Gasteiger partial charge in [0.1, 0.15) is 5.75 Å². The number of nitrogens with zero attached hydrogens (tertiary/aromatic N) is 1. The van der Waals surface area contributed by atoms with E-state index in [1.807, 2.05) is 42.5 Å². The minimum Gasteiger partial charge on any atom is -0.508 e. The summed E-state index contributed by atoms with van der Waals surface area (Å²) in [6.07, 6.45) is 4.35. The molecule has 0 aromatic heterocycles. The van der Waals surface area contributed by atoms with Crippen LogP contribution < -0.4 is 0 Å². The van der Waals surface area contributed by atoms with Crippen LogP contribution in [0.15, 0.2) is 60.2 Å². The Morgan fingerprint density at radius 2 is 1.96 bits per heavy atom. The molecule has 0 amide bonds. The fourth-order valence-corrected chi connectivity index (χ4v) is 4.70. The smallest absolute Gasteiger partial charge is 0.159 e. The molecule has 0 radical (unpaired) electrons. The van der Waals surface area contributed by atoms with E-state index < -0.39 is 0 Å². The van der Waals surface area contributed by atoms with E-state index in [2.05, 4.69) is 24.1 Å². The van der Waals surface area contributed by atoms with Crippen molar-refractivity contribution in [2.24, 2.45) is 5.92 Å². The molecule has 1 aliphatic carbocycles. The van der Waals surface area contributed by atoms with E-state index in [1.165, 1.54) is 0 Å². The Hall–Kier alpha value is -2.39. The molecule has 2 aliphatic rings. The van der Waals surface area contributed by atoms with Crippen molar-refractivity contribution >= 4 is 11.9 Å². The number of likely N-dealkylation sites (tertiary alicyclic amines) is 1. The first kappa shape index (κ1) is 17.0. The normalized spacial score (nSPS) is 28.1. The molecule has 26 heavy (non-hydrogen) atoms. The van der Waals surface area contributed by atoms with Crippen LogP contribution in [-0.2, 0) is 10.2 Å². The lowest BCUT2D eigenvalue weighted by atomic mass is 9.58. The number of allylic oxidation sites excluding steroid dienone is 1. The summed E-state index contributed by atoms with van der Waals surface area (Å²) >= 11 is 0. The number of ketones is 1. The molecule has 0 unspecified atom stereocenters. The molecule has 2 fully saturated rings. The number of Topliss-reactive ketones (excluding diaryl/α,β-unsaturated/α-hetero) is 1. The van der Waals surface area contributed by atoms with Crippen molar-refractivity contribution in [1.29, 1.82) is 0 Å². The summed E-state index contributed by atoms with van der Waals surface area (Å²) in [5, 5.41) is 9.99. The summed E-state index contributed by atoms with van der Waals surface area (Å²) in [5.74, 6) is 0.918. The van der Waals surface area contributed by atoms with Crippen LogP contribution in [0.3, 0.4) is 0 Å². The summed E-state index contributed by atoms with van der Waals surface area (Å²) < 4.78 is 0. The summed E-state index contributed by atoms with van der Waals surface area (Å²) in [7, 11) is 2.16. The van der Waals surface area contributed by atoms with Crippen molar-refractivity contribution in [2.75, 3.05) is 20.1 Å². The Labute approximate surface area is 155 Å². The summed E-state index contributed by atoms with van der Waals surface area (Å²) in [5.41, 5.74) is 2.98. The zero-order chi connectivity index (χ0) is 18.1.